The van der Waals surface area contributed by atoms with E-state index < -0.39 is 0 Å². The van der Waals surface area contributed by atoms with Crippen LogP contribution in [0.3, 0.4) is 0 Å². The molecule has 0 aliphatic heterocycles. The number of aromatic nitrogens is 2. The number of nitrogens with zero attached hydrogens (tertiary/aromatic N) is 3. The van der Waals surface area contributed by atoms with Gasteiger partial charge in [-0.3, -0.25) is 9.13 Å². The fourth-order valence-electron chi connectivity index (χ4n) is 9.20. The first-order chi connectivity index (χ1) is 30.2. The number of hydrogen-bond acceptors (Lipinski definition) is 2. The van der Waals surface area contributed by atoms with Crippen molar-refractivity contribution >= 4 is 83.4 Å². The van der Waals surface area contributed by atoms with Gasteiger partial charge in [-0.25, -0.2) is 0 Å². The molecule has 0 N–H and O–H groups in total. The van der Waals surface area contributed by atoms with Crippen molar-refractivity contribution in [2.24, 2.45) is 0 Å². The summed E-state index contributed by atoms with van der Waals surface area (Å²) in [7, 11) is 0. The molecule has 0 bridgehead atoms. The molecule has 0 atom stereocenters. The van der Waals surface area contributed by atoms with Crippen molar-refractivity contribution < 1.29 is 4.42 Å². The molecule has 3 aromatic heterocycles. The van der Waals surface area contributed by atoms with Gasteiger partial charge in [0.25, 0.3) is 0 Å². The number of fused-ring (bicyclic) bond motifs is 8. The Bertz CT molecular complexity index is 3600. The molecular weight excluding hydrogens is 766 g/mol. The summed E-state index contributed by atoms with van der Waals surface area (Å²) in [4.78, 5) is 2.31. The zero-order valence-electron chi connectivity index (χ0n) is 32.9. The maximum Gasteiger partial charge on any atom is 0.137 e. The van der Waals surface area contributed by atoms with Gasteiger partial charge in [-0.15, -0.1) is 0 Å². The molecule has 61 heavy (non-hydrogen) atoms. The lowest BCUT2D eigenvalue weighted by Gasteiger charge is -2.26. The molecule has 5 heteroatoms. The van der Waals surface area contributed by atoms with Crippen LogP contribution in [-0.2, 0) is 0 Å². The molecule has 12 rings (SSSR count). The van der Waals surface area contributed by atoms with Gasteiger partial charge in [-0.05, 0) is 113 Å². The monoisotopic (exact) mass is 801 g/mol. The van der Waals surface area contributed by atoms with Crippen molar-refractivity contribution in [3.63, 3.8) is 0 Å². The lowest BCUT2D eigenvalue weighted by molar-refractivity contribution is 0.669. The number of hydrogen-bond donors (Lipinski definition) is 0. The largest absolute Gasteiger partial charge is 0.456 e. The number of para-hydroxylation sites is 4. The third-order valence-electron chi connectivity index (χ3n) is 11.9. The zero-order valence-corrected chi connectivity index (χ0v) is 33.7. The fourth-order valence-corrected chi connectivity index (χ4v) is 9.39. The van der Waals surface area contributed by atoms with Crippen molar-refractivity contribution in [3.8, 4) is 33.6 Å². The number of furan rings is 1. The predicted molar refractivity (Wildman–Crippen MR) is 255 cm³/mol. The van der Waals surface area contributed by atoms with Crippen LogP contribution in [0.1, 0.15) is 0 Å². The molecule has 0 spiro atoms. The minimum absolute atomic E-state index is 0.723. The zero-order chi connectivity index (χ0) is 40.4. The Kier molecular flexibility index (Phi) is 8.19. The fraction of sp³-hybridized carbons (Fsp3) is 0. The Morgan fingerprint density at radius 2 is 0.869 bits per heavy atom. The van der Waals surface area contributed by atoms with E-state index in [1.165, 1.54) is 16.2 Å². The summed E-state index contributed by atoms with van der Waals surface area (Å²) in [6.07, 6.45) is 0. The highest BCUT2D eigenvalue weighted by Crippen LogP contribution is 2.44. The summed E-state index contributed by atoms with van der Waals surface area (Å²) < 4.78 is 11.2. The van der Waals surface area contributed by atoms with Crippen LogP contribution in [0.25, 0.3) is 88.4 Å². The second-order valence-electron chi connectivity index (χ2n) is 15.5. The molecule has 0 unspecified atom stereocenters. The lowest BCUT2D eigenvalue weighted by Crippen LogP contribution is -2.09. The number of rotatable bonds is 7. The van der Waals surface area contributed by atoms with E-state index in [2.05, 4.69) is 202 Å². The van der Waals surface area contributed by atoms with E-state index in [-0.39, 0.29) is 0 Å². The molecule has 0 aliphatic carbocycles. The van der Waals surface area contributed by atoms with Crippen LogP contribution in [0.4, 0.5) is 17.1 Å². The molecule has 4 nitrogen and oxygen atoms in total. The van der Waals surface area contributed by atoms with E-state index in [4.69, 9.17) is 16.0 Å². The van der Waals surface area contributed by atoms with Gasteiger partial charge >= 0.3 is 0 Å². The van der Waals surface area contributed by atoms with E-state index >= 15 is 0 Å². The average Bonchev–Trinajstić information content (AvgIpc) is 3.96. The summed E-state index contributed by atoms with van der Waals surface area (Å²) in [5, 5.41) is 6.56. The Balaban J connectivity index is 1.07. The minimum atomic E-state index is 0.723. The van der Waals surface area contributed by atoms with E-state index in [0.29, 0.717) is 0 Å². The van der Waals surface area contributed by atoms with Gasteiger partial charge in [0.1, 0.15) is 16.8 Å². The first-order valence-electron chi connectivity index (χ1n) is 20.5. The second-order valence-corrected chi connectivity index (χ2v) is 16.0. The van der Waals surface area contributed by atoms with Crippen molar-refractivity contribution in [2.75, 3.05) is 4.90 Å². The summed E-state index contributed by atoms with van der Waals surface area (Å²) >= 11 is 6.50. The molecule has 12 aromatic rings. The van der Waals surface area contributed by atoms with E-state index in [0.717, 1.165) is 94.3 Å². The minimum Gasteiger partial charge on any atom is -0.456 e. The molecular formula is C56H36ClN3O. The third kappa shape index (κ3) is 5.83. The lowest BCUT2D eigenvalue weighted by atomic mass is 10.0. The summed E-state index contributed by atoms with van der Waals surface area (Å²) in [5.74, 6) is 0. The second kappa shape index (κ2) is 14.2. The molecule has 0 aliphatic rings. The number of halogens is 1. The Morgan fingerprint density at radius 1 is 0.361 bits per heavy atom. The highest BCUT2D eigenvalue weighted by atomic mass is 35.5. The van der Waals surface area contributed by atoms with Crippen LogP contribution in [0.15, 0.2) is 223 Å². The Hall–Kier alpha value is -7.79. The third-order valence-corrected chi connectivity index (χ3v) is 12.2. The standard InChI is InChI=1S/C56H36ClN3O/c57-41-16-12-14-37(32-41)39-26-29-49-51(34-39)59(43-19-6-2-7-20-43)56-55(49)50-30-27-40(35-52(50)60(56)44-21-8-3-9-22-44)38-15-13-23-45(33-38)58(42-17-4-1-5-18-42)46-28-31-48-47-24-10-11-25-53(47)61-54(48)36-46/h1-36H. The Labute approximate surface area is 357 Å². The van der Waals surface area contributed by atoms with Crippen LogP contribution < -0.4 is 4.90 Å². The van der Waals surface area contributed by atoms with E-state index in [9.17, 15) is 0 Å². The van der Waals surface area contributed by atoms with E-state index in [1.54, 1.807) is 0 Å². The highest BCUT2D eigenvalue weighted by Gasteiger charge is 2.24. The smallest absolute Gasteiger partial charge is 0.137 e. The first kappa shape index (κ1) is 35.2. The quantitative estimate of drug-likeness (QED) is 0.160. The molecule has 0 saturated heterocycles. The topological polar surface area (TPSA) is 26.2 Å². The van der Waals surface area contributed by atoms with Crippen LogP contribution in [0, 0.1) is 0 Å². The van der Waals surface area contributed by atoms with Crippen molar-refractivity contribution in [1.82, 2.24) is 9.13 Å². The summed E-state index contributed by atoms with van der Waals surface area (Å²) in [5.41, 5.74) is 15.0. The number of benzene rings is 9. The maximum absolute atomic E-state index is 6.50. The van der Waals surface area contributed by atoms with Gasteiger partial charge < -0.3 is 9.32 Å². The first-order valence-corrected chi connectivity index (χ1v) is 20.9. The maximum atomic E-state index is 6.50. The molecule has 9 aromatic carbocycles. The Morgan fingerprint density at radius 3 is 1.52 bits per heavy atom. The van der Waals surface area contributed by atoms with Gasteiger partial charge in [0, 0.05) is 66.5 Å². The van der Waals surface area contributed by atoms with Crippen LogP contribution in [0.5, 0.6) is 0 Å². The van der Waals surface area contributed by atoms with Crippen LogP contribution >= 0.6 is 11.6 Å². The summed E-state index contributed by atoms with van der Waals surface area (Å²) in [6.45, 7) is 0. The van der Waals surface area contributed by atoms with Crippen molar-refractivity contribution in [3.05, 3.63) is 223 Å². The highest BCUT2D eigenvalue weighted by molar-refractivity contribution is 6.31. The normalized spacial score (nSPS) is 11.7. The van der Waals surface area contributed by atoms with Gasteiger partial charge in [0.2, 0.25) is 0 Å². The molecule has 288 valence electrons. The van der Waals surface area contributed by atoms with Gasteiger partial charge in [0.15, 0.2) is 0 Å². The van der Waals surface area contributed by atoms with Gasteiger partial charge in [-0.2, -0.15) is 0 Å². The molecule has 0 saturated carbocycles. The van der Waals surface area contributed by atoms with Gasteiger partial charge in [0.05, 0.1) is 11.0 Å². The van der Waals surface area contributed by atoms with Crippen LogP contribution in [-0.4, -0.2) is 9.13 Å². The molecule has 3 heterocycles. The number of anilines is 3. The average molecular weight is 802 g/mol. The van der Waals surface area contributed by atoms with E-state index in [1.807, 2.05) is 30.3 Å². The van der Waals surface area contributed by atoms with Crippen molar-refractivity contribution in [2.45, 2.75) is 0 Å². The summed E-state index contributed by atoms with van der Waals surface area (Å²) in [6, 6.07) is 77.4. The molecule has 0 amide bonds. The molecule has 0 radical (unpaired) electrons. The van der Waals surface area contributed by atoms with Crippen LogP contribution in [0.2, 0.25) is 5.02 Å². The molecule has 0 fully saturated rings. The van der Waals surface area contributed by atoms with Gasteiger partial charge in [-0.1, -0.05) is 133 Å². The van der Waals surface area contributed by atoms with Crippen molar-refractivity contribution in [1.29, 1.82) is 0 Å². The predicted octanol–water partition coefficient (Wildman–Crippen LogP) is 16.1. The SMILES string of the molecule is Clc1cccc(-c2ccc3c4c5ccc(-c6cccc(N(c7ccccc7)c7ccc8c(c7)oc7ccccc78)c6)cc5n(-c5ccccc5)c4n(-c4ccccc4)c3c2)c1.